The summed E-state index contributed by atoms with van der Waals surface area (Å²) in [7, 11) is 4.37. The Morgan fingerprint density at radius 3 is 2.00 bits per heavy atom. The van der Waals surface area contributed by atoms with Crippen LogP contribution in [-0.2, 0) is 11.2 Å². The van der Waals surface area contributed by atoms with Gasteiger partial charge in [-0.3, -0.25) is 4.79 Å². The van der Waals surface area contributed by atoms with Gasteiger partial charge in [0.25, 0.3) is 8.32 Å². The Balaban J connectivity index is 2.25. The van der Waals surface area contributed by atoms with Gasteiger partial charge in [-0.1, -0.05) is 26.8 Å². The van der Waals surface area contributed by atoms with Crippen LogP contribution < -0.4 is 28.7 Å². The lowest BCUT2D eigenvalue weighted by Crippen LogP contribution is -2.44. The highest BCUT2D eigenvalue weighted by Gasteiger charge is 2.41. The fourth-order valence-electron chi connectivity index (χ4n) is 4.77. The van der Waals surface area contributed by atoms with Gasteiger partial charge >= 0.3 is 0 Å². The molecule has 0 fully saturated rings. The van der Waals surface area contributed by atoms with E-state index in [0.29, 0.717) is 17.2 Å². The molecular formula is C29H43NO6Si. The van der Waals surface area contributed by atoms with Crippen LogP contribution in [0.5, 0.6) is 28.7 Å². The number of benzene rings is 2. The van der Waals surface area contributed by atoms with Gasteiger partial charge in [-0.2, -0.15) is 0 Å². The molecule has 7 nitrogen and oxygen atoms in total. The SMILES string of the molecule is COc1cc(C2CC(NC(C)=O)CCc3c2ccc(OC)c3O[Si](C)(C)C(C)(C)C)cc(OC)c1OC. The maximum absolute atomic E-state index is 12.1. The Kier molecular flexibility index (Phi) is 8.73. The number of carbonyl (C=O) groups excluding carboxylic acids is 1. The van der Waals surface area contributed by atoms with Crippen LogP contribution in [0.25, 0.3) is 0 Å². The molecule has 2 atom stereocenters. The van der Waals surface area contributed by atoms with Crippen molar-refractivity contribution in [2.24, 2.45) is 0 Å². The van der Waals surface area contributed by atoms with Crippen LogP contribution in [0.2, 0.25) is 18.1 Å². The van der Waals surface area contributed by atoms with Crippen LogP contribution in [-0.4, -0.2) is 48.7 Å². The predicted molar refractivity (Wildman–Crippen MR) is 149 cm³/mol. The first-order valence-corrected chi connectivity index (χ1v) is 15.7. The van der Waals surface area contributed by atoms with Gasteiger partial charge in [-0.25, -0.2) is 0 Å². The molecule has 2 unspecified atom stereocenters. The summed E-state index contributed by atoms with van der Waals surface area (Å²) in [5, 5.41) is 3.20. The zero-order valence-electron chi connectivity index (χ0n) is 24.0. The molecule has 2 aromatic carbocycles. The number of nitrogens with one attached hydrogen (secondary N) is 1. The summed E-state index contributed by atoms with van der Waals surface area (Å²) in [5.74, 6) is 3.26. The molecule has 0 spiro atoms. The minimum absolute atomic E-state index is 0.000655. The molecule has 0 aromatic heterocycles. The van der Waals surface area contributed by atoms with Crippen LogP contribution >= 0.6 is 0 Å². The van der Waals surface area contributed by atoms with E-state index in [4.69, 9.17) is 23.4 Å². The number of hydrogen-bond acceptors (Lipinski definition) is 6. The van der Waals surface area contributed by atoms with Crippen molar-refractivity contribution in [3.63, 3.8) is 0 Å². The Morgan fingerprint density at radius 2 is 1.51 bits per heavy atom. The third-order valence-corrected chi connectivity index (χ3v) is 12.1. The maximum atomic E-state index is 12.1. The normalized spacial score (nSPS) is 17.8. The number of rotatable bonds is 8. The highest BCUT2D eigenvalue weighted by molar-refractivity contribution is 6.74. The van der Waals surface area contributed by atoms with E-state index >= 15 is 0 Å². The van der Waals surface area contributed by atoms with E-state index in [0.717, 1.165) is 47.5 Å². The maximum Gasteiger partial charge on any atom is 0.250 e. The van der Waals surface area contributed by atoms with Crippen LogP contribution in [0.15, 0.2) is 24.3 Å². The Bertz CT molecular complexity index is 1100. The molecule has 0 saturated heterocycles. The summed E-state index contributed by atoms with van der Waals surface area (Å²) < 4.78 is 29.7. The predicted octanol–water partition coefficient (Wildman–Crippen LogP) is 6.08. The van der Waals surface area contributed by atoms with Crippen molar-refractivity contribution in [3.8, 4) is 28.7 Å². The van der Waals surface area contributed by atoms with E-state index in [1.165, 1.54) is 0 Å². The molecule has 0 radical (unpaired) electrons. The molecule has 1 N–H and O–H groups in total. The lowest BCUT2D eigenvalue weighted by molar-refractivity contribution is -0.119. The number of hydrogen-bond donors (Lipinski definition) is 1. The highest BCUT2D eigenvalue weighted by atomic mass is 28.4. The topological polar surface area (TPSA) is 75.3 Å². The van der Waals surface area contributed by atoms with Crippen molar-refractivity contribution < 1.29 is 28.2 Å². The fourth-order valence-corrected chi connectivity index (χ4v) is 5.81. The molecule has 1 aliphatic rings. The number of carbonyl (C=O) groups is 1. The largest absolute Gasteiger partial charge is 0.541 e. The second-order valence-corrected chi connectivity index (χ2v) is 15.9. The van der Waals surface area contributed by atoms with Gasteiger partial charge in [-0.15, -0.1) is 0 Å². The van der Waals surface area contributed by atoms with Crippen molar-refractivity contribution in [2.75, 3.05) is 28.4 Å². The van der Waals surface area contributed by atoms with Gasteiger partial charge in [0.2, 0.25) is 11.7 Å². The zero-order valence-corrected chi connectivity index (χ0v) is 25.0. The monoisotopic (exact) mass is 529 g/mol. The molecule has 2 aromatic rings. The molecule has 0 bridgehead atoms. The second-order valence-electron chi connectivity index (χ2n) is 11.2. The first kappa shape index (κ1) is 28.7. The summed E-state index contributed by atoms with van der Waals surface area (Å²) in [5.41, 5.74) is 3.32. The Morgan fingerprint density at radius 1 is 0.919 bits per heavy atom. The van der Waals surface area contributed by atoms with E-state index in [1.54, 1.807) is 35.4 Å². The molecule has 1 aliphatic carbocycles. The van der Waals surface area contributed by atoms with Crippen LogP contribution in [0.3, 0.4) is 0 Å². The average molecular weight is 530 g/mol. The first-order chi connectivity index (χ1) is 17.4. The first-order valence-electron chi connectivity index (χ1n) is 12.8. The molecule has 0 heterocycles. The molecule has 8 heteroatoms. The Labute approximate surface area is 222 Å². The summed E-state index contributed by atoms with van der Waals surface area (Å²) in [4.78, 5) is 12.1. The third kappa shape index (κ3) is 6.00. The fraction of sp³-hybridized carbons (Fsp3) is 0.552. The molecule has 1 amide bonds. The van der Waals surface area contributed by atoms with E-state index in [9.17, 15) is 4.79 Å². The summed E-state index contributed by atoms with van der Waals surface area (Å²) >= 11 is 0. The van der Waals surface area contributed by atoms with Crippen molar-refractivity contribution >= 4 is 14.2 Å². The standard InChI is InChI=1S/C29H43NO6Si/c1-18(31)30-20-11-12-22-21(13-14-24(32-5)27(22)36-37(9,10)29(2,3)4)23(17-20)19-15-25(33-6)28(35-8)26(16-19)34-7/h13-16,20,23H,11-12,17H2,1-10H3,(H,30,31). The minimum atomic E-state index is -2.16. The van der Waals surface area contributed by atoms with Gasteiger partial charge in [-0.05, 0) is 66.7 Å². The molecular weight excluding hydrogens is 486 g/mol. The number of ether oxygens (including phenoxy) is 4. The summed E-state index contributed by atoms with van der Waals surface area (Å²) in [6, 6.07) is 8.15. The van der Waals surface area contributed by atoms with Gasteiger partial charge in [0, 0.05) is 24.4 Å². The third-order valence-electron chi connectivity index (χ3n) is 7.78. The quantitative estimate of drug-likeness (QED) is 0.330. The van der Waals surface area contributed by atoms with Crippen molar-refractivity contribution in [1.82, 2.24) is 5.32 Å². The van der Waals surface area contributed by atoms with E-state index in [2.05, 4.69) is 45.2 Å². The molecule has 37 heavy (non-hydrogen) atoms. The van der Waals surface area contributed by atoms with Gasteiger partial charge in [0.15, 0.2) is 17.2 Å². The smallest absolute Gasteiger partial charge is 0.250 e. The van der Waals surface area contributed by atoms with Gasteiger partial charge in [0.05, 0.1) is 28.4 Å². The van der Waals surface area contributed by atoms with E-state index < -0.39 is 8.32 Å². The van der Waals surface area contributed by atoms with Crippen LogP contribution in [0.1, 0.15) is 63.1 Å². The molecule has 0 aliphatic heterocycles. The lowest BCUT2D eigenvalue weighted by Gasteiger charge is -2.38. The number of amides is 1. The van der Waals surface area contributed by atoms with Crippen molar-refractivity contribution in [2.45, 2.75) is 77.0 Å². The molecule has 3 rings (SSSR count). The number of fused-ring (bicyclic) bond motifs is 1. The van der Waals surface area contributed by atoms with Crippen LogP contribution in [0, 0.1) is 0 Å². The minimum Gasteiger partial charge on any atom is -0.541 e. The summed E-state index contributed by atoms with van der Waals surface area (Å²) in [6.45, 7) is 12.8. The zero-order chi connectivity index (χ0) is 27.5. The molecule has 0 saturated carbocycles. The Hall–Kier alpha value is -2.87. The second kappa shape index (κ2) is 11.3. The van der Waals surface area contributed by atoms with Crippen LogP contribution in [0.4, 0.5) is 0 Å². The highest BCUT2D eigenvalue weighted by Crippen LogP contribution is 2.49. The van der Waals surface area contributed by atoms with E-state index in [-0.39, 0.29) is 22.9 Å². The van der Waals surface area contributed by atoms with E-state index in [1.807, 2.05) is 18.2 Å². The molecule has 204 valence electrons. The lowest BCUT2D eigenvalue weighted by atomic mass is 9.85. The number of methoxy groups -OCH3 is 4. The summed E-state index contributed by atoms with van der Waals surface area (Å²) in [6.07, 6.45) is 2.30. The van der Waals surface area contributed by atoms with Crippen molar-refractivity contribution in [1.29, 1.82) is 0 Å². The van der Waals surface area contributed by atoms with Crippen molar-refractivity contribution in [3.05, 3.63) is 41.0 Å². The van der Waals surface area contributed by atoms with Gasteiger partial charge in [0.1, 0.15) is 5.75 Å². The average Bonchev–Trinajstić information content (AvgIpc) is 3.01. The van der Waals surface area contributed by atoms with Gasteiger partial charge < -0.3 is 28.7 Å².